The molecule has 0 fully saturated rings. The molecule has 0 unspecified atom stereocenters. The number of pyridine rings is 1. The zero-order chi connectivity index (χ0) is 18.5. The molecule has 134 valence electrons. The molecular formula is C19H20ClN5O. The molecule has 7 heteroatoms. The Bertz CT molecular complexity index is 886. The van der Waals surface area contributed by atoms with E-state index in [1.54, 1.807) is 31.5 Å². The lowest BCUT2D eigenvalue weighted by Crippen LogP contribution is -2.13. The molecule has 0 bridgehead atoms. The number of nitrogens with one attached hydrogen (secondary N) is 2. The van der Waals surface area contributed by atoms with Crippen LogP contribution in [0, 0.1) is 0 Å². The van der Waals surface area contributed by atoms with Crippen molar-refractivity contribution in [3.05, 3.63) is 53.7 Å². The highest BCUT2D eigenvalue weighted by Crippen LogP contribution is 2.31. The molecule has 0 aliphatic rings. The number of hydrogen-bond acceptors (Lipinski definition) is 6. The van der Waals surface area contributed by atoms with E-state index in [1.807, 2.05) is 38.1 Å². The van der Waals surface area contributed by atoms with Crippen molar-refractivity contribution in [3.8, 4) is 17.1 Å². The van der Waals surface area contributed by atoms with E-state index in [0.29, 0.717) is 28.2 Å². The van der Waals surface area contributed by atoms with Gasteiger partial charge in [-0.15, -0.1) is 0 Å². The summed E-state index contributed by atoms with van der Waals surface area (Å²) < 4.78 is 5.39. The minimum atomic E-state index is 0.197. The zero-order valence-electron chi connectivity index (χ0n) is 14.8. The van der Waals surface area contributed by atoms with Gasteiger partial charge in [0.2, 0.25) is 5.95 Å². The first kappa shape index (κ1) is 17.9. The summed E-state index contributed by atoms with van der Waals surface area (Å²) in [4.78, 5) is 13.5. The summed E-state index contributed by atoms with van der Waals surface area (Å²) in [5.41, 5.74) is 2.20. The smallest absolute Gasteiger partial charge is 0.225 e. The Hall–Kier alpha value is -2.86. The van der Waals surface area contributed by atoms with Crippen LogP contribution in [0.5, 0.6) is 5.75 Å². The lowest BCUT2D eigenvalue weighted by Gasteiger charge is -2.14. The van der Waals surface area contributed by atoms with Crippen molar-refractivity contribution in [3.63, 3.8) is 0 Å². The lowest BCUT2D eigenvalue weighted by molar-refractivity contribution is 0.417. The fraction of sp³-hybridized carbons (Fsp3) is 0.211. The molecule has 2 heterocycles. The maximum Gasteiger partial charge on any atom is 0.225 e. The fourth-order valence-electron chi connectivity index (χ4n) is 2.40. The van der Waals surface area contributed by atoms with Gasteiger partial charge in [-0.2, -0.15) is 4.98 Å². The van der Waals surface area contributed by atoms with Crippen molar-refractivity contribution in [1.82, 2.24) is 15.0 Å². The number of halogens is 1. The third kappa shape index (κ3) is 4.40. The summed E-state index contributed by atoms with van der Waals surface area (Å²) in [5, 5.41) is 7.10. The van der Waals surface area contributed by atoms with Crippen LogP contribution in [0.2, 0.25) is 5.02 Å². The van der Waals surface area contributed by atoms with Gasteiger partial charge in [-0.3, -0.25) is 4.98 Å². The Balaban J connectivity index is 2.02. The molecule has 0 radical (unpaired) electrons. The van der Waals surface area contributed by atoms with E-state index in [9.17, 15) is 0 Å². The van der Waals surface area contributed by atoms with Gasteiger partial charge in [-0.25, -0.2) is 4.98 Å². The highest BCUT2D eigenvalue weighted by Gasteiger charge is 2.11. The molecule has 2 N–H and O–H groups in total. The van der Waals surface area contributed by atoms with E-state index in [0.717, 1.165) is 11.4 Å². The highest BCUT2D eigenvalue weighted by atomic mass is 35.5. The number of anilines is 3. The quantitative estimate of drug-likeness (QED) is 0.652. The zero-order valence-corrected chi connectivity index (χ0v) is 15.6. The molecule has 0 atom stereocenters. The van der Waals surface area contributed by atoms with Crippen LogP contribution in [0.15, 0.2) is 48.7 Å². The van der Waals surface area contributed by atoms with Crippen molar-refractivity contribution in [2.24, 2.45) is 0 Å². The molecule has 1 aromatic carbocycles. The van der Waals surface area contributed by atoms with Gasteiger partial charge in [0.15, 0.2) is 0 Å². The third-order valence-corrected chi connectivity index (χ3v) is 3.73. The standard InChI is InChI=1S/C19H20ClN5O/c1-12(2)22-19-24-15(14-6-4-5-9-21-14)11-18(25-19)23-16-10-13(20)7-8-17(16)26-3/h4-12H,1-3H3,(H2,22,23,24,25). The third-order valence-electron chi connectivity index (χ3n) is 3.50. The molecule has 3 rings (SSSR count). The van der Waals surface area contributed by atoms with Crippen molar-refractivity contribution in [2.75, 3.05) is 17.7 Å². The Morgan fingerprint density at radius 2 is 1.88 bits per heavy atom. The van der Waals surface area contributed by atoms with Crippen LogP contribution in [0.3, 0.4) is 0 Å². The molecule has 0 spiro atoms. The van der Waals surface area contributed by atoms with Crippen molar-refractivity contribution in [1.29, 1.82) is 0 Å². The van der Waals surface area contributed by atoms with Crippen LogP contribution in [-0.4, -0.2) is 28.1 Å². The minimum absolute atomic E-state index is 0.197. The van der Waals surface area contributed by atoms with Gasteiger partial charge in [-0.1, -0.05) is 17.7 Å². The average Bonchev–Trinajstić information content (AvgIpc) is 2.62. The summed E-state index contributed by atoms with van der Waals surface area (Å²) >= 11 is 6.12. The predicted octanol–water partition coefficient (Wildman–Crippen LogP) is 4.76. The molecular weight excluding hydrogens is 350 g/mol. The van der Waals surface area contributed by atoms with Gasteiger partial charge in [0.1, 0.15) is 11.6 Å². The van der Waals surface area contributed by atoms with Crippen molar-refractivity contribution < 1.29 is 4.74 Å². The van der Waals surface area contributed by atoms with Gasteiger partial charge >= 0.3 is 0 Å². The first-order valence-electron chi connectivity index (χ1n) is 8.23. The summed E-state index contributed by atoms with van der Waals surface area (Å²) in [5.74, 6) is 1.81. The largest absolute Gasteiger partial charge is 0.495 e. The second-order valence-electron chi connectivity index (χ2n) is 5.95. The highest BCUT2D eigenvalue weighted by molar-refractivity contribution is 6.31. The Morgan fingerprint density at radius 1 is 1.04 bits per heavy atom. The first-order chi connectivity index (χ1) is 12.5. The number of rotatable bonds is 6. The van der Waals surface area contributed by atoms with E-state index >= 15 is 0 Å². The molecule has 0 saturated heterocycles. The Kier molecular flexibility index (Phi) is 5.53. The van der Waals surface area contributed by atoms with E-state index < -0.39 is 0 Å². The molecule has 0 saturated carbocycles. The summed E-state index contributed by atoms with van der Waals surface area (Å²) in [6.07, 6.45) is 1.74. The number of benzene rings is 1. The number of ether oxygens (including phenoxy) is 1. The number of hydrogen-bond donors (Lipinski definition) is 2. The molecule has 26 heavy (non-hydrogen) atoms. The second-order valence-corrected chi connectivity index (χ2v) is 6.38. The van der Waals surface area contributed by atoms with E-state index in [1.165, 1.54) is 0 Å². The number of methoxy groups -OCH3 is 1. The normalized spacial score (nSPS) is 10.7. The minimum Gasteiger partial charge on any atom is -0.495 e. The van der Waals surface area contributed by atoms with Gasteiger partial charge < -0.3 is 15.4 Å². The van der Waals surface area contributed by atoms with Gasteiger partial charge in [0, 0.05) is 23.3 Å². The maximum absolute atomic E-state index is 6.12. The van der Waals surface area contributed by atoms with Crippen LogP contribution in [0.4, 0.5) is 17.5 Å². The van der Waals surface area contributed by atoms with E-state index in [2.05, 4.69) is 25.6 Å². The van der Waals surface area contributed by atoms with Gasteiger partial charge in [-0.05, 0) is 44.2 Å². The SMILES string of the molecule is COc1ccc(Cl)cc1Nc1cc(-c2ccccn2)nc(NC(C)C)n1. The molecule has 6 nitrogen and oxygen atoms in total. The van der Waals surface area contributed by atoms with Crippen LogP contribution >= 0.6 is 11.6 Å². The predicted molar refractivity (Wildman–Crippen MR) is 105 cm³/mol. The summed E-state index contributed by atoms with van der Waals surface area (Å²) in [7, 11) is 1.61. The topological polar surface area (TPSA) is 72.0 Å². The fourth-order valence-corrected chi connectivity index (χ4v) is 2.57. The second kappa shape index (κ2) is 8.01. The van der Waals surface area contributed by atoms with Crippen LogP contribution in [0.25, 0.3) is 11.4 Å². The monoisotopic (exact) mass is 369 g/mol. The summed E-state index contributed by atoms with van der Waals surface area (Å²) in [6, 6.07) is 13.1. The van der Waals surface area contributed by atoms with Crippen LogP contribution in [0.1, 0.15) is 13.8 Å². The average molecular weight is 370 g/mol. The Morgan fingerprint density at radius 3 is 2.58 bits per heavy atom. The molecule has 3 aromatic rings. The van der Waals surface area contributed by atoms with E-state index in [-0.39, 0.29) is 6.04 Å². The number of nitrogens with zero attached hydrogens (tertiary/aromatic N) is 3. The molecule has 0 aliphatic carbocycles. The van der Waals surface area contributed by atoms with Crippen molar-refractivity contribution >= 4 is 29.1 Å². The van der Waals surface area contributed by atoms with E-state index in [4.69, 9.17) is 16.3 Å². The summed E-state index contributed by atoms with van der Waals surface area (Å²) in [6.45, 7) is 4.06. The van der Waals surface area contributed by atoms with Gasteiger partial charge in [0.25, 0.3) is 0 Å². The lowest BCUT2D eigenvalue weighted by atomic mass is 10.2. The molecule has 2 aromatic heterocycles. The van der Waals surface area contributed by atoms with Gasteiger partial charge in [0.05, 0.1) is 24.2 Å². The maximum atomic E-state index is 6.12. The number of aromatic nitrogens is 3. The Labute approximate surface area is 157 Å². The van der Waals surface area contributed by atoms with Crippen LogP contribution < -0.4 is 15.4 Å². The first-order valence-corrected chi connectivity index (χ1v) is 8.60. The molecule has 0 amide bonds. The van der Waals surface area contributed by atoms with Crippen LogP contribution in [-0.2, 0) is 0 Å². The molecule has 0 aliphatic heterocycles. The van der Waals surface area contributed by atoms with Crippen molar-refractivity contribution in [2.45, 2.75) is 19.9 Å².